The van der Waals surface area contributed by atoms with Crippen LogP contribution in [0.1, 0.15) is 25.0 Å². The van der Waals surface area contributed by atoms with Crippen LogP contribution in [0.25, 0.3) is 87.7 Å². The maximum Gasteiger partial charge on any atom is 0.145 e. The van der Waals surface area contributed by atoms with Crippen molar-refractivity contribution in [3.05, 3.63) is 187 Å². The average molecular weight is 718 g/mol. The van der Waals surface area contributed by atoms with Crippen molar-refractivity contribution in [1.29, 1.82) is 0 Å². The van der Waals surface area contributed by atoms with Gasteiger partial charge in [-0.15, -0.1) is 0 Å². The van der Waals surface area contributed by atoms with Crippen LogP contribution in [0.3, 0.4) is 0 Å². The molecule has 9 aromatic carbocycles. The molecule has 56 heavy (non-hydrogen) atoms. The number of anilines is 3. The summed E-state index contributed by atoms with van der Waals surface area (Å²) < 4.78 is 13.5. The molecule has 0 amide bonds. The Morgan fingerprint density at radius 1 is 0.411 bits per heavy atom. The van der Waals surface area contributed by atoms with Gasteiger partial charge in [0.25, 0.3) is 0 Å². The van der Waals surface area contributed by atoms with Gasteiger partial charge in [0.1, 0.15) is 22.3 Å². The van der Waals surface area contributed by atoms with Crippen LogP contribution in [0.15, 0.2) is 185 Å². The molecule has 11 aromatic rings. The summed E-state index contributed by atoms with van der Waals surface area (Å²) in [6.45, 7) is 4.74. The number of hydrogen-bond donors (Lipinski definition) is 0. The van der Waals surface area contributed by atoms with Crippen molar-refractivity contribution >= 4 is 82.5 Å². The van der Waals surface area contributed by atoms with Gasteiger partial charge in [-0.05, 0) is 92.5 Å². The number of nitrogens with zero attached hydrogens (tertiary/aromatic N) is 1. The van der Waals surface area contributed by atoms with Crippen molar-refractivity contribution < 1.29 is 8.83 Å². The van der Waals surface area contributed by atoms with Crippen molar-refractivity contribution in [2.24, 2.45) is 0 Å². The first-order chi connectivity index (χ1) is 27.5. The molecule has 1 aliphatic carbocycles. The summed E-state index contributed by atoms with van der Waals surface area (Å²) in [6, 6.07) is 63.4. The van der Waals surface area contributed by atoms with Crippen LogP contribution < -0.4 is 4.90 Å². The second-order valence-corrected chi connectivity index (χ2v) is 15.6. The fraction of sp³-hybridized carbons (Fsp3) is 0.0566. The molecule has 2 aromatic heterocycles. The van der Waals surface area contributed by atoms with E-state index in [0.717, 1.165) is 82.8 Å². The van der Waals surface area contributed by atoms with Crippen LogP contribution in [-0.4, -0.2) is 0 Å². The highest BCUT2D eigenvalue weighted by Gasteiger charge is 2.37. The van der Waals surface area contributed by atoms with Crippen LogP contribution in [0.2, 0.25) is 0 Å². The van der Waals surface area contributed by atoms with Gasteiger partial charge in [0.05, 0.1) is 16.8 Å². The summed E-state index contributed by atoms with van der Waals surface area (Å²) in [5.41, 5.74) is 13.9. The van der Waals surface area contributed by atoms with E-state index in [4.69, 9.17) is 8.83 Å². The summed E-state index contributed by atoms with van der Waals surface area (Å²) in [5, 5.41) is 9.25. The van der Waals surface area contributed by atoms with Gasteiger partial charge in [-0.1, -0.05) is 135 Å². The predicted molar refractivity (Wildman–Crippen MR) is 234 cm³/mol. The maximum absolute atomic E-state index is 6.84. The minimum atomic E-state index is -0.212. The topological polar surface area (TPSA) is 29.5 Å². The lowest BCUT2D eigenvalue weighted by molar-refractivity contribution is 0.661. The van der Waals surface area contributed by atoms with E-state index in [1.807, 2.05) is 6.07 Å². The van der Waals surface area contributed by atoms with Crippen LogP contribution in [0, 0.1) is 0 Å². The Bertz CT molecular complexity index is 3400. The van der Waals surface area contributed by atoms with Gasteiger partial charge >= 0.3 is 0 Å². The molecular weight excluding hydrogens is 683 g/mol. The second kappa shape index (κ2) is 11.5. The maximum atomic E-state index is 6.84. The van der Waals surface area contributed by atoms with E-state index < -0.39 is 0 Å². The number of para-hydroxylation sites is 2. The molecule has 0 unspecified atom stereocenters. The molecule has 0 radical (unpaired) electrons. The van der Waals surface area contributed by atoms with E-state index in [9.17, 15) is 0 Å². The molecule has 1 aliphatic rings. The molecule has 0 fully saturated rings. The van der Waals surface area contributed by atoms with E-state index in [-0.39, 0.29) is 5.41 Å². The van der Waals surface area contributed by atoms with Gasteiger partial charge < -0.3 is 13.7 Å². The zero-order valence-electron chi connectivity index (χ0n) is 31.0. The van der Waals surface area contributed by atoms with E-state index in [1.165, 1.54) is 33.0 Å². The monoisotopic (exact) mass is 717 g/mol. The highest BCUT2D eigenvalue weighted by atomic mass is 16.3. The van der Waals surface area contributed by atoms with E-state index in [0.29, 0.717) is 0 Å². The first-order valence-electron chi connectivity index (χ1n) is 19.3. The van der Waals surface area contributed by atoms with Gasteiger partial charge in [-0.25, -0.2) is 0 Å². The molecule has 0 spiro atoms. The highest BCUT2D eigenvalue weighted by molar-refractivity contribution is 6.24. The molecule has 264 valence electrons. The zero-order chi connectivity index (χ0) is 37.1. The standard InChI is InChI=1S/C53H35NO2/c1-53(2)43-29-34-17-7-6-16-33(34)28-42(43)37-25-24-35(30-44(37)53)54(46-31-49-50(39-19-9-8-18-38(39)46)40-20-10-12-22-47(40)55-49)45-27-26-36(32-14-4-3-5-15-32)52-51(45)41-21-11-13-23-48(41)56-52/h3-31H,1-2H3. The molecule has 0 N–H and O–H groups in total. The molecule has 12 rings (SSSR count). The van der Waals surface area contributed by atoms with Gasteiger partial charge in [-0.2, -0.15) is 0 Å². The minimum Gasteiger partial charge on any atom is -0.456 e. The van der Waals surface area contributed by atoms with E-state index >= 15 is 0 Å². The van der Waals surface area contributed by atoms with E-state index in [2.05, 4.69) is 189 Å². The molecule has 0 atom stereocenters. The lowest BCUT2D eigenvalue weighted by Gasteiger charge is -2.30. The summed E-state index contributed by atoms with van der Waals surface area (Å²) in [6.07, 6.45) is 0. The molecule has 3 nitrogen and oxygen atoms in total. The fourth-order valence-electron chi connectivity index (χ4n) is 9.55. The third kappa shape index (κ3) is 4.34. The van der Waals surface area contributed by atoms with Gasteiger partial charge in [-0.3, -0.25) is 0 Å². The van der Waals surface area contributed by atoms with E-state index in [1.54, 1.807) is 0 Å². The molecule has 3 heteroatoms. The summed E-state index contributed by atoms with van der Waals surface area (Å²) in [5.74, 6) is 0. The molecule has 0 saturated carbocycles. The van der Waals surface area contributed by atoms with Crippen LogP contribution in [-0.2, 0) is 5.41 Å². The van der Waals surface area contributed by atoms with Gasteiger partial charge in [0.15, 0.2) is 0 Å². The number of benzene rings is 9. The Morgan fingerprint density at radius 3 is 1.80 bits per heavy atom. The normalized spacial score (nSPS) is 13.3. The Hall–Kier alpha value is -7.10. The highest BCUT2D eigenvalue weighted by Crippen LogP contribution is 2.54. The average Bonchev–Trinajstić information content (AvgIpc) is 3.89. The zero-order valence-corrected chi connectivity index (χ0v) is 31.0. The lowest BCUT2D eigenvalue weighted by Crippen LogP contribution is -2.17. The number of rotatable bonds is 4. The summed E-state index contributed by atoms with van der Waals surface area (Å²) >= 11 is 0. The summed E-state index contributed by atoms with van der Waals surface area (Å²) in [7, 11) is 0. The molecule has 2 heterocycles. The van der Waals surface area contributed by atoms with Crippen molar-refractivity contribution in [2.75, 3.05) is 4.90 Å². The SMILES string of the molecule is CC1(C)c2cc(N(c3cc4oc5ccccc5c4c4ccccc34)c3ccc(-c4ccccc4)c4oc5ccccc5c34)ccc2-c2cc3ccccc3cc21. The second-order valence-electron chi connectivity index (χ2n) is 15.6. The molecular formula is C53H35NO2. The third-order valence-electron chi connectivity index (χ3n) is 12.2. The molecule has 0 aliphatic heterocycles. The van der Waals surface area contributed by atoms with Gasteiger partial charge in [0.2, 0.25) is 0 Å². The fourth-order valence-corrected chi connectivity index (χ4v) is 9.55. The number of hydrogen-bond acceptors (Lipinski definition) is 3. The lowest BCUT2D eigenvalue weighted by atomic mass is 9.81. The quantitative estimate of drug-likeness (QED) is 0.182. The first kappa shape index (κ1) is 31.3. The van der Waals surface area contributed by atoms with Crippen LogP contribution in [0.4, 0.5) is 17.1 Å². The molecule has 0 bridgehead atoms. The van der Waals surface area contributed by atoms with Crippen molar-refractivity contribution in [1.82, 2.24) is 0 Å². The Labute approximate surface area is 323 Å². The summed E-state index contributed by atoms with van der Waals surface area (Å²) in [4.78, 5) is 2.45. The number of fused-ring (bicyclic) bond motifs is 12. The first-order valence-corrected chi connectivity index (χ1v) is 19.3. The predicted octanol–water partition coefficient (Wildman–Crippen LogP) is 15.2. The largest absolute Gasteiger partial charge is 0.456 e. The smallest absolute Gasteiger partial charge is 0.145 e. The number of furan rings is 2. The van der Waals surface area contributed by atoms with Crippen molar-refractivity contribution in [3.63, 3.8) is 0 Å². The van der Waals surface area contributed by atoms with Crippen molar-refractivity contribution in [3.8, 4) is 22.3 Å². The Kier molecular flexibility index (Phi) is 6.40. The Morgan fingerprint density at radius 2 is 1.02 bits per heavy atom. The van der Waals surface area contributed by atoms with Crippen LogP contribution >= 0.6 is 0 Å². The van der Waals surface area contributed by atoms with Crippen molar-refractivity contribution in [2.45, 2.75) is 19.3 Å². The third-order valence-corrected chi connectivity index (χ3v) is 12.2. The Balaban J connectivity index is 1.19. The molecule has 0 saturated heterocycles. The van der Waals surface area contributed by atoms with Gasteiger partial charge in [0, 0.05) is 44.3 Å². The van der Waals surface area contributed by atoms with Crippen LogP contribution in [0.5, 0.6) is 0 Å². The minimum absolute atomic E-state index is 0.212.